The molecule has 0 radical (unpaired) electrons. The van der Waals surface area contributed by atoms with Crippen molar-refractivity contribution in [2.45, 2.75) is 43.1 Å². The molecule has 0 amide bonds. The third-order valence-corrected chi connectivity index (χ3v) is 8.23. The van der Waals surface area contributed by atoms with Crippen molar-refractivity contribution in [3.05, 3.63) is 66.2 Å². The molecule has 7 nitrogen and oxygen atoms in total. The molecule has 0 bridgehead atoms. The maximum atomic E-state index is 13.6. The van der Waals surface area contributed by atoms with Crippen LogP contribution in [0.3, 0.4) is 0 Å². The molecule has 4 rings (SSSR count). The Balaban J connectivity index is 1.72. The maximum absolute atomic E-state index is 13.6. The molecule has 200 valence electrons. The quantitative estimate of drug-likeness (QED) is 0.271. The van der Waals surface area contributed by atoms with Gasteiger partial charge in [0.25, 0.3) is 16.4 Å². The Hall–Kier alpha value is -3.36. The van der Waals surface area contributed by atoms with E-state index < -0.39 is 39.6 Å². The second-order valence-corrected chi connectivity index (χ2v) is 12.1. The van der Waals surface area contributed by atoms with Crippen LogP contribution in [-0.2, 0) is 16.2 Å². The zero-order valence-corrected chi connectivity index (χ0v) is 21.7. The highest BCUT2D eigenvalue weighted by molar-refractivity contribution is 7.91. The molecular weight excluding hydrogens is 549 g/mol. The summed E-state index contributed by atoms with van der Waals surface area (Å²) in [4.78, 5) is 16.3. The molecule has 38 heavy (non-hydrogen) atoms. The Labute approximate surface area is 218 Å². The van der Waals surface area contributed by atoms with Crippen LogP contribution in [0.2, 0.25) is 0 Å². The minimum atomic E-state index is -4.65. The number of pyridine rings is 2. The van der Waals surface area contributed by atoms with Gasteiger partial charge in [0.15, 0.2) is 5.82 Å². The number of halogens is 5. The standard InChI is InChI=1S/C24H20F5N5O2S2/c1-23(2,3)34-38(35,36)20-7-5-18(37-20)16-10-13(8-9-30-16)22-32-15(11-17(33-22)21(25)26)14-4-6-19(31-12-14)24(27,28)29/h4-12,21,34H,1-3H3. The number of nitrogens with one attached hydrogen (secondary N) is 1. The molecule has 0 aliphatic carbocycles. The Morgan fingerprint density at radius 2 is 1.63 bits per heavy atom. The summed E-state index contributed by atoms with van der Waals surface area (Å²) >= 11 is 0.975. The van der Waals surface area contributed by atoms with Crippen molar-refractivity contribution in [1.29, 1.82) is 0 Å². The van der Waals surface area contributed by atoms with Gasteiger partial charge in [0.2, 0.25) is 0 Å². The summed E-state index contributed by atoms with van der Waals surface area (Å²) in [6.07, 6.45) is -5.33. The van der Waals surface area contributed by atoms with Crippen molar-refractivity contribution >= 4 is 21.4 Å². The number of thiophene rings is 1. The van der Waals surface area contributed by atoms with E-state index >= 15 is 0 Å². The van der Waals surface area contributed by atoms with Gasteiger partial charge in [0, 0.05) is 29.1 Å². The fraction of sp³-hybridized carbons (Fsp3) is 0.250. The minimum absolute atomic E-state index is 0.0392. The van der Waals surface area contributed by atoms with Crippen molar-refractivity contribution in [2.75, 3.05) is 0 Å². The molecule has 0 spiro atoms. The summed E-state index contributed by atoms with van der Waals surface area (Å²) in [7, 11) is -3.77. The summed E-state index contributed by atoms with van der Waals surface area (Å²) in [5.74, 6) is -0.111. The number of sulfonamides is 1. The lowest BCUT2D eigenvalue weighted by Gasteiger charge is -2.19. The van der Waals surface area contributed by atoms with E-state index in [9.17, 15) is 30.4 Å². The molecule has 0 saturated heterocycles. The van der Waals surface area contributed by atoms with E-state index in [0.717, 1.165) is 35.7 Å². The summed E-state index contributed by atoms with van der Waals surface area (Å²) < 4.78 is 93.8. The van der Waals surface area contributed by atoms with Crippen LogP contribution in [0.1, 0.15) is 38.6 Å². The van der Waals surface area contributed by atoms with Crippen LogP contribution in [0.4, 0.5) is 22.0 Å². The first-order chi connectivity index (χ1) is 17.6. The topological polar surface area (TPSA) is 97.7 Å². The average Bonchev–Trinajstić information content (AvgIpc) is 3.34. The molecular formula is C24H20F5N5O2S2. The van der Waals surface area contributed by atoms with Gasteiger partial charge >= 0.3 is 6.18 Å². The largest absolute Gasteiger partial charge is 0.433 e. The molecule has 0 fully saturated rings. The van der Waals surface area contributed by atoms with Gasteiger partial charge in [-0.1, -0.05) is 0 Å². The van der Waals surface area contributed by atoms with Crippen molar-refractivity contribution in [2.24, 2.45) is 0 Å². The van der Waals surface area contributed by atoms with E-state index in [4.69, 9.17) is 0 Å². The fourth-order valence-electron chi connectivity index (χ4n) is 3.33. The average molecular weight is 570 g/mol. The predicted octanol–water partition coefficient (Wildman–Crippen LogP) is 6.36. The lowest BCUT2D eigenvalue weighted by molar-refractivity contribution is -0.141. The van der Waals surface area contributed by atoms with Crippen LogP contribution in [0.15, 0.2) is 59.1 Å². The monoisotopic (exact) mass is 569 g/mol. The van der Waals surface area contributed by atoms with Crippen LogP contribution in [0.25, 0.3) is 33.2 Å². The first-order valence-corrected chi connectivity index (χ1v) is 13.2. The second-order valence-electron chi connectivity index (χ2n) is 9.14. The van der Waals surface area contributed by atoms with Gasteiger partial charge in [-0.2, -0.15) is 13.2 Å². The molecule has 0 aliphatic rings. The van der Waals surface area contributed by atoms with Crippen molar-refractivity contribution in [3.8, 4) is 33.2 Å². The molecule has 4 aromatic rings. The Kier molecular flexibility index (Phi) is 7.34. The van der Waals surface area contributed by atoms with E-state index in [1.165, 1.54) is 24.4 Å². The molecule has 0 atom stereocenters. The van der Waals surface area contributed by atoms with Gasteiger partial charge < -0.3 is 0 Å². The fourth-order valence-corrected chi connectivity index (χ4v) is 6.02. The van der Waals surface area contributed by atoms with Gasteiger partial charge in [-0.15, -0.1) is 11.3 Å². The molecule has 0 unspecified atom stereocenters. The molecule has 14 heteroatoms. The normalized spacial score (nSPS) is 12.8. The van der Waals surface area contributed by atoms with Crippen LogP contribution < -0.4 is 4.72 Å². The van der Waals surface area contributed by atoms with Crippen molar-refractivity contribution in [1.82, 2.24) is 24.7 Å². The Morgan fingerprint density at radius 1 is 0.895 bits per heavy atom. The van der Waals surface area contributed by atoms with E-state index in [1.54, 1.807) is 26.8 Å². The SMILES string of the molecule is CC(C)(C)NS(=O)(=O)c1ccc(-c2cc(-c3nc(-c4ccc(C(F)(F)F)nc4)cc(C(F)F)n3)ccn2)s1. The molecule has 0 aromatic carbocycles. The van der Waals surface area contributed by atoms with Gasteiger partial charge in [-0.25, -0.2) is 31.9 Å². The molecule has 4 aromatic heterocycles. The summed E-state index contributed by atoms with van der Waals surface area (Å²) in [6, 6.07) is 8.82. The van der Waals surface area contributed by atoms with Crippen LogP contribution >= 0.6 is 11.3 Å². The number of alkyl halides is 5. The molecule has 0 aliphatic heterocycles. The van der Waals surface area contributed by atoms with Gasteiger partial charge in [-0.3, -0.25) is 9.97 Å². The smallest absolute Gasteiger partial charge is 0.255 e. The first-order valence-electron chi connectivity index (χ1n) is 10.9. The lowest BCUT2D eigenvalue weighted by Crippen LogP contribution is -2.40. The number of aromatic nitrogens is 4. The predicted molar refractivity (Wildman–Crippen MR) is 132 cm³/mol. The van der Waals surface area contributed by atoms with Crippen LogP contribution in [0.5, 0.6) is 0 Å². The highest BCUT2D eigenvalue weighted by Gasteiger charge is 2.32. The number of hydrogen-bond donors (Lipinski definition) is 1. The molecule has 1 N–H and O–H groups in total. The van der Waals surface area contributed by atoms with Gasteiger partial charge in [0.1, 0.15) is 15.6 Å². The van der Waals surface area contributed by atoms with Gasteiger partial charge in [0.05, 0.1) is 16.3 Å². The number of nitrogens with zero attached hydrogens (tertiary/aromatic N) is 4. The second kappa shape index (κ2) is 10.1. The van der Waals surface area contributed by atoms with Gasteiger partial charge in [-0.05, 0) is 63.2 Å². The van der Waals surface area contributed by atoms with Crippen molar-refractivity contribution < 1.29 is 30.4 Å². The van der Waals surface area contributed by atoms with E-state index in [0.29, 0.717) is 16.1 Å². The highest BCUT2D eigenvalue weighted by Crippen LogP contribution is 2.33. The molecule has 4 heterocycles. The van der Waals surface area contributed by atoms with E-state index in [1.807, 2.05) is 0 Å². The van der Waals surface area contributed by atoms with Crippen LogP contribution in [0, 0.1) is 0 Å². The first kappa shape index (κ1) is 27.7. The number of rotatable bonds is 6. The third kappa shape index (κ3) is 6.37. The van der Waals surface area contributed by atoms with E-state index in [-0.39, 0.29) is 21.3 Å². The van der Waals surface area contributed by atoms with Crippen LogP contribution in [-0.4, -0.2) is 33.9 Å². The third-order valence-electron chi connectivity index (χ3n) is 4.88. The summed E-state index contributed by atoms with van der Waals surface area (Å²) in [6.45, 7) is 5.14. The minimum Gasteiger partial charge on any atom is -0.255 e. The maximum Gasteiger partial charge on any atom is 0.433 e. The lowest BCUT2D eigenvalue weighted by atomic mass is 10.1. The summed E-state index contributed by atoms with van der Waals surface area (Å²) in [5.41, 5.74) is -1.73. The van der Waals surface area contributed by atoms with Crippen molar-refractivity contribution in [3.63, 3.8) is 0 Å². The van der Waals surface area contributed by atoms with E-state index in [2.05, 4.69) is 24.7 Å². The Bertz CT molecular complexity index is 1560. The highest BCUT2D eigenvalue weighted by atomic mass is 32.2. The Morgan fingerprint density at radius 3 is 2.24 bits per heavy atom. The number of hydrogen-bond acceptors (Lipinski definition) is 7. The zero-order valence-electron chi connectivity index (χ0n) is 20.1. The zero-order chi connectivity index (χ0) is 27.9. The molecule has 0 saturated carbocycles. The summed E-state index contributed by atoms with van der Waals surface area (Å²) in [5, 5.41) is 0.